The van der Waals surface area contributed by atoms with Crippen LogP contribution in [0.2, 0.25) is 0 Å². The lowest BCUT2D eigenvalue weighted by atomic mass is 9.66. The summed E-state index contributed by atoms with van der Waals surface area (Å²) in [7, 11) is 0. The Morgan fingerprint density at radius 3 is 2.24 bits per heavy atom. The minimum absolute atomic E-state index is 0.128. The largest absolute Gasteiger partial charge is 0.389 e. The molecule has 1 heterocycles. The lowest BCUT2D eigenvalue weighted by Gasteiger charge is -2.49. The van der Waals surface area contributed by atoms with Gasteiger partial charge in [-0.1, -0.05) is 27.7 Å². The van der Waals surface area contributed by atoms with E-state index in [0.717, 1.165) is 38.9 Å². The summed E-state index contributed by atoms with van der Waals surface area (Å²) in [5.74, 6) is 0.702. The highest BCUT2D eigenvalue weighted by atomic mass is 16.3. The molecule has 1 fully saturated rings. The zero-order valence-electron chi connectivity index (χ0n) is 12.0. The van der Waals surface area contributed by atoms with Crippen LogP contribution < -0.4 is 5.73 Å². The molecule has 3 nitrogen and oxygen atoms in total. The maximum atomic E-state index is 10.8. The van der Waals surface area contributed by atoms with Crippen LogP contribution in [0.25, 0.3) is 0 Å². The van der Waals surface area contributed by atoms with E-state index >= 15 is 0 Å². The number of hydrogen-bond donors (Lipinski definition) is 2. The van der Waals surface area contributed by atoms with Gasteiger partial charge in [-0.15, -0.1) is 0 Å². The minimum Gasteiger partial charge on any atom is -0.389 e. The number of rotatable bonds is 5. The molecule has 0 aromatic rings. The first-order valence-corrected chi connectivity index (χ1v) is 7.01. The molecule has 0 spiro atoms. The van der Waals surface area contributed by atoms with Gasteiger partial charge in [-0.05, 0) is 25.2 Å². The summed E-state index contributed by atoms with van der Waals surface area (Å²) in [4.78, 5) is 2.46. The Labute approximate surface area is 106 Å². The molecule has 1 aliphatic heterocycles. The molecule has 17 heavy (non-hydrogen) atoms. The van der Waals surface area contributed by atoms with Crippen LogP contribution in [-0.2, 0) is 0 Å². The number of piperidine rings is 1. The third-order valence-electron chi connectivity index (χ3n) is 4.66. The quantitative estimate of drug-likeness (QED) is 0.773. The van der Waals surface area contributed by atoms with Crippen molar-refractivity contribution in [1.29, 1.82) is 0 Å². The van der Waals surface area contributed by atoms with Crippen molar-refractivity contribution in [1.82, 2.24) is 4.90 Å². The average molecular weight is 242 g/mol. The smallest absolute Gasteiger partial charge is 0.0737 e. The first-order chi connectivity index (χ1) is 7.87. The van der Waals surface area contributed by atoms with Gasteiger partial charge in [0.25, 0.3) is 0 Å². The fourth-order valence-electron chi connectivity index (χ4n) is 2.89. The van der Waals surface area contributed by atoms with E-state index in [2.05, 4.69) is 32.6 Å². The van der Waals surface area contributed by atoms with Crippen LogP contribution in [0.5, 0.6) is 0 Å². The van der Waals surface area contributed by atoms with Crippen molar-refractivity contribution in [2.24, 2.45) is 17.1 Å². The van der Waals surface area contributed by atoms with Crippen LogP contribution in [0.3, 0.4) is 0 Å². The van der Waals surface area contributed by atoms with Crippen molar-refractivity contribution in [3.05, 3.63) is 0 Å². The monoisotopic (exact) mass is 242 g/mol. The summed E-state index contributed by atoms with van der Waals surface area (Å²) < 4.78 is 0. The molecule has 0 bridgehead atoms. The van der Waals surface area contributed by atoms with Gasteiger partial charge in [0.05, 0.1) is 5.60 Å². The van der Waals surface area contributed by atoms with Crippen molar-refractivity contribution in [2.75, 3.05) is 26.2 Å². The van der Waals surface area contributed by atoms with Gasteiger partial charge < -0.3 is 15.7 Å². The second kappa shape index (κ2) is 5.68. The van der Waals surface area contributed by atoms with E-state index in [1.807, 2.05) is 0 Å². The summed E-state index contributed by atoms with van der Waals surface area (Å²) in [6, 6.07) is 0. The standard InChI is InChI=1S/C14H30N2O/c1-5-13(4,11-15)14(17)6-8-16(9-7-14)10-12(2)3/h12,17H,5-11,15H2,1-4H3. The number of nitrogens with zero attached hydrogens (tertiary/aromatic N) is 1. The average Bonchev–Trinajstić information content (AvgIpc) is 2.30. The van der Waals surface area contributed by atoms with Crippen molar-refractivity contribution in [2.45, 2.75) is 52.6 Å². The molecule has 3 N–H and O–H groups in total. The van der Waals surface area contributed by atoms with Crippen LogP contribution in [0.15, 0.2) is 0 Å². The highest BCUT2D eigenvalue weighted by Gasteiger charge is 2.46. The fraction of sp³-hybridized carbons (Fsp3) is 1.00. The maximum Gasteiger partial charge on any atom is 0.0737 e. The second-order valence-electron chi connectivity index (χ2n) is 6.34. The molecule has 1 rings (SSSR count). The zero-order valence-corrected chi connectivity index (χ0v) is 12.0. The van der Waals surface area contributed by atoms with Crippen molar-refractivity contribution < 1.29 is 5.11 Å². The topological polar surface area (TPSA) is 49.5 Å². The second-order valence-corrected chi connectivity index (χ2v) is 6.34. The molecule has 0 aromatic carbocycles. The molecule has 0 amide bonds. The molecule has 1 unspecified atom stereocenters. The number of nitrogens with two attached hydrogens (primary N) is 1. The molecule has 1 aliphatic rings. The SMILES string of the molecule is CCC(C)(CN)C1(O)CCN(CC(C)C)CC1. The lowest BCUT2D eigenvalue weighted by molar-refractivity contribution is -0.113. The fourth-order valence-corrected chi connectivity index (χ4v) is 2.89. The van der Waals surface area contributed by atoms with Gasteiger partial charge in [0.2, 0.25) is 0 Å². The van der Waals surface area contributed by atoms with Crippen LogP contribution in [0.1, 0.15) is 47.0 Å². The van der Waals surface area contributed by atoms with Gasteiger partial charge in [-0.25, -0.2) is 0 Å². The summed E-state index contributed by atoms with van der Waals surface area (Å²) in [5, 5.41) is 10.8. The summed E-state index contributed by atoms with van der Waals surface area (Å²) in [5.41, 5.74) is 5.18. The van der Waals surface area contributed by atoms with Crippen LogP contribution >= 0.6 is 0 Å². The van der Waals surface area contributed by atoms with E-state index in [1.165, 1.54) is 0 Å². The number of hydrogen-bond acceptors (Lipinski definition) is 3. The molecular formula is C14H30N2O. The van der Waals surface area contributed by atoms with Crippen molar-refractivity contribution in [3.8, 4) is 0 Å². The number of likely N-dealkylation sites (tertiary alicyclic amines) is 1. The Kier molecular flexibility index (Phi) is 4.99. The van der Waals surface area contributed by atoms with E-state index < -0.39 is 5.60 Å². The normalized spacial score (nSPS) is 24.9. The summed E-state index contributed by atoms with van der Waals surface area (Å²) in [6.07, 6.45) is 2.67. The van der Waals surface area contributed by atoms with Gasteiger partial charge in [0, 0.05) is 31.6 Å². The Morgan fingerprint density at radius 1 is 1.35 bits per heavy atom. The Bertz CT molecular complexity index is 228. The Morgan fingerprint density at radius 2 is 1.88 bits per heavy atom. The van der Waals surface area contributed by atoms with Crippen LogP contribution in [0, 0.1) is 11.3 Å². The van der Waals surface area contributed by atoms with E-state index in [4.69, 9.17) is 5.73 Å². The highest BCUT2D eigenvalue weighted by molar-refractivity contribution is 4.99. The van der Waals surface area contributed by atoms with E-state index in [1.54, 1.807) is 0 Å². The predicted molar refractivity (Wildman–Crippen MR) is 72.9 cm³/mol. The maximum absolute atomic E-state index is 10.8. The van der Waals surface area contributed by atoms with Gasteiger partial charge in [-0.3, -0.25) is 0 Å². The zero-order chi connectivity index (χ0) is 13.1. The van der Waals surface area contributed by atoms with Crippen molar-refractivity contribution in [3.63, 3.8) is 0 Å². The number of aliphatic hydroxyl groups is 1. The molecule has 1 saturated heterocycles. The van der Waals surface area contributed by atoms with Gasteiger partial charge in [0.15, 0.2) is 0 Å². The molecule has 0 aromatic heterocycles. The highest BCUT2D eigenvalue weighted by Crippen LogP contribution is 2.41. The van der Waals surface area contributed by atoms with Crippen LogP contribution in [-0.4, -0.2) is 41.8 Å². The molecular weight excluding hydrogens is 212 g/mol. The van der Waals surface area contributed by atoms with E-state index in [-0.39, 0.29) is 5.41 Å². The Hall–Kier alpha value is -0.120. The van der Waals surface area contributed by atoms with E-state index in [0.29, 0.717) is 12.5 Å². The molecule has 0 aliphatic carbocycles. The minimum atomic E-state index is -0.565. The molecule has 102 valence electrons. The van der Waals surface area contributed by atoms with Gasteiger partial charge >= 0.3 is 0 Å². The first-order valence-electron chi connectivity index (χ1n) is 7.01. The molecule has 0 saturated carbocycles. The summed E-state index contributed by atoms with van der Waals surface area (Å²) >= 11 is 0. The van der Waals surface area contributed by atoms with Crippen LogP contribution in [0.4, 0.5) is 0 Å². The Balaban J connectivity index is 2.60. The predicted octanol–water partition coefficient (Wildman–Crippen LogP) is 1.84. The third-order valence-corrected chi connectivity index (χ3v) is 4.66. The molecule has 1 atom stereocenters. The van der Waals surface area contributed by atoms with E-state index in [9.17, 15) is 5.11 Å². The molecule has 0 radical (unpaired) electrons. The van der Waals surface area contributed by atoms with Gasteiger partial charge in [-0.2, -0.15) is 0 Å². The molecule has 3 heteroatoms. The van der Waals surface area contributed by atoms with Gasteiger partial charge in [0.1, 0.15) is 0 Å². The first kappa shape index (κ1) is 14.9. The lowest BCUT2D eigenvalue weighted by Crippen LogP contribution is -2.56. The third kappa shape index (κ3) is 3.21. The summed E-state index contributed by atoms with van der Waals surface area (Å²) in [6.45, 7) is 12.5. The van der Waals surface area contributed by atoms with Crippen molar-refractivity contribution >= 4 is 0 Å².